The fourth-order valence-electron chi connectivity index (χ4n) is 1.09. The summed E-state index contributed by atoms with van der Waals surface area (Å²) in [4.78, 5) is 11.0. The molecule has 1 fully saturated rings. The van der Waals surface area contributed by atoms with Crippen molar-refractivity contribution in [2.24, 2.45) is 0 Å². The third kappa shape index (κ3) is 2.78. The minimum Gasteiger partial charge on any atom is -0.344 e. The van der Waals surface area contributed by atoms with E-state index in [2.05, 4.69) is 9.50 Å². The Balaban J connectivity index is 2.48. The number of hydrogen-bond donors (Lipinski definition) is 1. The van der Waals surface area contributed by atoms with Crippen LogP contribution in [-0.4, -0.2) is 33.2 Å². The van der Waals surface area contributed by atoms with Crippen molar-refractivity contribution in [1.82, 2.24) is 5.32 Å². The number of rotatable bonds is 2. The standard InChI is InChI=1S/C6H11NO4S/c1-12(9,10)11-6(8)5-3-2-4-7-5/h5,7H,2-4H2,1H3/t5-/m0/s1. The maximum Gasteiger partial charge on any atom is 0.338 e. The molecule has 5 nitrogen and oxygen atoms in total. The van der Waals surface area contributed by atoms with Crippen molar-refractivity contribution in [3.63, 3.8) is 0 Å². The summed E-state index contributed by atoms with van der Waals surface area (Å²) in [5.41, 5.74) is 0. The molecule has 12 heavy (non-hydrogen) atoms. The molecule has 1 rings (SSSR count). The van der Waals surface area contributed by atoms with E-state index in [9.17, 15) is 13.2 Å². The van der Waals surface area contributed by atoms with Crippen LogP contribution in [-0.2, 0) is 19.1 Å². The molecule has 1 heterocycles. The molecule has 0 amide bonds. The van der Waals surface area contributed by atoms with Gasteiger partial charge in [-0.05, 0) is 19.4 Å². The predicted molar refractivity (Wildman–Crippen MR) is 42.0 cm³/mol. The Morgan fingerprint density at radius 2 is 2.25 bits per heavy atom. The van der Waals surface area contributed by atoms with E-state index in [1.807, 2.05) is 0 Å². The lowest BCUT2D eigenvalue weighted by molar-refractivity contribution is -0.135. The van der Waals surface area contributed by atoms with Gasteiger partial charge >= 0.3 is 16.1 Å². The van der Waals surface area contributed by atoms with Crippen molar-refractivity contribution in [3.05, 3.63) is 0 Å². The molecular weight excluding hydrogens is 182 g/mol. The molecule has 0 aromatic carbocycles. The Bertz CT molecular complexity index is 265. The molecule has 1 aliphatic heterocycles. The lowest BCUT2D eigenvalue weighted by Crippen LogP contribution is -2.33. The maximum absolute atomic E-state index is 11.0. The van der Waals surface area contributed by atoms with Crippen molar-refractivity contribution in [2.45, 2.75) is 18.9 Å². The van der Waals surface area contributed by atoms with Crippen molar-refractivity contribution in [2.75, 3.05) is 12.8 Å². The molecule has 0 unspecified atom stereocenters. The van der Waals surface area contributed by atoms with Crippen molar-refractivity contribution in [3.8, 4) is 0 Å². The highest BCUT2D eigenvalue weighted by Gasteiger charge is 2.25. The van der Waals surface area contributed by atoms with Crippen LogP contribution in [0.15, 0.2) is 0 Å². The normalized spacial score (nSPS) is 23.9. The summed E-state index contributed by atoms with van der Waals surface area (Å²) in [6.07, 6.45) is 2.39. The first-order valence-corrected chi connectivity index (χ1v) is 5.47. The molecular formula is C6H11NO4S. The van der Waals surface area contributed by atoms with Crippen LogP contribution in [0.2, 0.25) is 0 Å². The highest BCUT2D eigenvalue weighted by molar-refractivity contribution is 7.86. The lowest BCUT2D eigenvalue weighted by atomic mass is 10.2. The van der Waals surface area contributed by atoms with Gasteiger partial charge in [-0.25, -0.2) is 4.79 Å². The van der Waals surface area contributed by atoms with Crippen LogP contribution in [0.1, 0.15) is 12.8 Å². The lowest BCUT2D eigenvalue weighted by Gasteiger charge is -2.07. The second kappa shape index (κ2) is 3.40. The first kappa shape index (κ1) is 9.47. The predicted octanol–water partition coefficient (Wildman–Crippen LogP) is -0.759. The van der Waals surface area contributed by atoms with E-state index < -0.39 is 22.1 Å². The zero-order valence-electron chi connectivity index (χ0n) is 6.74. The van der Waals surface area contributed by atoms with Gasteiger partial charge in [0, 0.05) is 0 Å². The second-order valence-electron chi connectivity index (χ2n) is 2.76. The van der Waals surface area contributed by atoms with Gasteiger partial charge in [0.25, 0.3) is 0 Å². The Morgan fingerprint density at radius 1 is 1.58 bits per heavy atom. The Kier molecular flexibility index (Phi) is 2.69. The fourth-order valence-corrected chi connectivity index (χ4v) is 1.51. The molecule has 70 valence electrons. The summed E-state index contributed by atoms with van der Waals surface area (Å²) in [7, 11) is -3.65. The molecule has 0 spiro atoms. The molecule has 0 saturated carbocycles. The number of carbonyl (C=O) groups excluding carboxylic acids is 1. The van der Waals surface area contributed by atoms with Gasteiger partial charge < -0.3 is 9.50 Å². The summed E-state index contributed by atoms with van der Waals surface area (Å²) >= 11 is 0. The number of carbonyl (C=O) groups is 1. The Labute approximate surface area is 71.2 Å². The van der Waals surface area contributed by atoms with Crippen molar-refractivity contribution in [1.29, 1.82) is 0 Å². The van der Waals surface area contributed by atoms with Crippen LogP contribution in [0, 0.1) is 0 Å². The first-order chi connectivity index (χ1) is 5.49. The van der Waals surface area contributed by atoms with Crippen LogP contribution >= 0.6 is 0 Å². The average Bonchev–Trinajstić information content (AvgIpc) is 2.32. The monoisotopic (exact) mass is 193 g/mol. The van der Waals surface area contributed by atoms with Gasteiger partial charge in [0.05, 0.1) is 6.26 Å². The highest BCUT2D eigenvalue weighted by Crippen LogP contribution is 2.07. The average molecular weight is 193 g/mol. The quantitative estimate of drug-likeness (QED) is 0.584. The fraction of sp³-hybridized carbons (Fsp3) is 0.833. The van der Waals surface area contributed by atoms with E-state index in [0.717, 1.165) is 19.2 Å². The third-order valence-electron chi connectivity index (χ3n) is 1.58. The van der Waals surface area contributed by atoms with Gasteiger partial charge in [0.15, 0.2) is 0 Å². The third-order valence-corrected chi connectivity index (χ3v) is 2.05. The van der Waals surface area contributed by atoms with Gasteiger partial charge in [-0.3, -0.25) is 0 Å². The first-order valence-electron chi connectivity index (χ1n) is 3.66. The molecule has 1 aliphatic rings. The molecule has 1 saturated heterocycles. The Morgan fingerprint density at radius 3 is 2.67 bits per heavy atom. The van der Waals surface area contributed by atoms with Crippen LogP contribution < -0.4 is 5.32 Å². The van der Waals surface area contributed by atoms with Gasteiger partial charge in [-0.1, -0.05) is 0 Å². The zero-order valence-corrected chi connectivity index (χ0v) is 7.56. The molecule has 0 aromatic rings. The minimum absolute atomic E-state index is 0.445. The number of nitrogens with one attached hydrogen (secondary N) is 1. The molecule has 1 atom stereocenters. The van der Waals surface area contributed by atoms with Gasteiger partial charge in [-0.15, -0.1) is 0 Å². The summed E-state index contributed by atoms with van der Waals surface area (Å²) in [5, 5.41) is 2.84. The summed E-state index contributed by atoms with van der Waals surface area (Å²) in [6.45, 7) is 0.740. The van der Waals surface area contributed by atoms with Crippen LogP contribution in [0.3, 0.4) is 0 Å². The maximum atomic E-state index is 11.0. The van der Waals surface area contributed by atoms with E-state index in [4.69, 9.17) is 0 Å². The van der Waals surface area contributed by atoms with Crippen LogP contribution in [0.5, 0.6) is 0 Å². The summed E-state index contributed by atoms with van der Waals surface area (Å²) in [6, 6.07) is -0.445. The minimum atomic E-state index is -3.65. The SMILES string of the molecule is CS(=O)(=O)OC(=O)[C@@H]1CCCN1. The van der Waals surface area contributed by atoms with E-state index in [1.54, 1.807) is 0 Å². The highest BCUT2D eigenvalue weighted by atomic mass is 32.2. The second-order valence-corrected chi connectivity index (χ2v) is 4.33. The van der Waals surface area contributed by atoms with Gasteiger partial charge in [-0.2, -0.15) is 8.42 Å². The van der Waals surface area contributed by atoms with E-state index in [1.165, 1.54) is 0 Å². The summed E-state index contributed by atoms with van der Waals surface area (Å²) in [5.74, 6) is -0.699. The van der Waals surface area contributed by atoms with Gasteiger partial charge in [0.2, 0.25) is 0 Å². The van der Waals surface area contributed by atoms with Crippen molar-refractivity contribution >= 4 is 16.1 Å². The molecule has 6 heteroatoms. The molecule has 1 N–H and O–H groups in total. The zero-order chi connectivity index (χ0) is 9.19. The van der Waals surface area contributed by atoms with Crippen LogP contribution in [0.25, 0.3) is 0 Å². The molecule has 0 radical (unpaired) electrons. The largest absolute Gasteiger partial charge is 0.344 e. The number of hydrogen-bond acceptors (Lipinski definition) is 5. The Hall–Kier alpha value is -0.620. The van der Waals surface area contributed by atoms with E-state index in [-0.39, 0.29) is 0 Å². The molecule has 0 aromatic heterocycles. The van der Waals surface area contributed by atoms with E-state index in [0.29, 0.717) is 6.42 Å². The smallest absolute Gasteiger partial charge is 0.338 e. The van der Waals surface area contributed by atoms with E-state index >= 15 is 0 Å². The van der Waals surface area contributed by atoms with Crippen LogP contribution in [0.4, 0.5) is 0 Å². The topological polar surface area (TPSA) is 72.5 Å². The van der Waals surface area contributed by atoms with Crippen molar-refractivity contribution < 1.29 is 17.4 Å². The summed E-state index contributed by atoms with van der Waals surface area (Å²) < 4.78 is 25.2. The molecule has 0 aliphatic carbocycles. The van der Waals surface area contributed by atoms with Gasteiger partial charge in [0.1, 0.15) is 6.04 Å². The molecule has 0 bridgehead atoms.